The Kier molecular flexibility index (Phi) is 4.11. The van der Waals surface area contributed by atoms with Gasteiger partial charge in [-0.3, -0.25) is 0 Å². The van der Waals surface area contributed by atoms with Gasteiger partial charge in [0, 0.05) is 21.4 Å². The third kappa shape index (κ3) is 3.75. The summed E-state index contributed by atoms with van der Waals surface area (Å²) in [6, 6.07) is 7.00. The van der Waals surface area contributed by atoms with Gasteiger partial charge in [-0.1, -0.05) is 15.9 Å². The van der Waals surface area contributed by atoms with Crippen LogP contribution in [0.1, 0.15) is 17.0 Å². The minimum Gasteiger partial charge on any atom is -0.507 e. The maximum atomic E-state index is 9.65. The third-order valence-electron chi connectivity index (χ3n) is 2.34. The molecule has 2 N–H and O–H groups in total. The summed E-state index contributed by atoms with van der Waals surface area (Å²) >= 11 is 3.33. The Hall–Kier alpha value is -1.95. The Bertz CT molecular complexity index is 608. The van der Waals surface area contributed by atoms with Crippen molar-refractivity contribution in [1.29, 1.82) is 0 Å². The van der Waals surface area contributed by atoms with Crippen LogP contribution in [0.5, 0.6) is 5.75 Å². The SMILES string of the molecule is Cc1cc(C)nc(NN=Cc2cc(Br)ccc2O)n1. The molecule has 0 aliphatic heterocycles. The molecule has 98 valence electrons. The molecule has 2 aromatic rings. The lowest BCUT2D eigenvalue weighted by Gasteiger charge is -2.02. The van der Waals surface area contributed by atoms with E-state index in [0.717, 1.165) is 15.9 Å². The highest BCUT2D eigenvalue weighted by atomic mass is 79.9. The van der Waals surface area contributed by atoms with Gasteiger partial charge in [0.2, 0.25) is 5.95 Å². The highest BCUT2D eigenvalue weighted by Gasteiger charge is 2.00. The second-order valence-electron chi connectivity index (χ2n) is 4.05. The van der Waals surface area contributed by atoms with Crippen molar-refractivity contribution in [3.05, 3.63) is 45.7 Å². The van der Waals surface area contributed by atoms with Crippen LogP contribution in [0.25, 0.3) is 0 Å². The minimum atomic E-state index is 0.162. The fourth-order valence-corrected chi connectivity index (χ4v) is 1.94. The molecular weight excluding hydrogens is 308 g/mol. The number of hydrogen-bond acceptors (Lipinski definition) is 5. The van der Waals surface area contributed by atoms with Gasteiger partial charge >= 0.3 is 0 Å². The van der Waals surface area contributed by atoms with Gasteiger partial charge in [-0.25, -0.2) is 15.4 Å². The number of hydrazone groups is 1. The summed E-state index contributed by atoms with van der Waals surface area (Å²) < 4.78 is 0.870. The lowest BCUT2D eigenvalue weighted by molar-refractivity contribution is 0.474. The summed E-state index contributed by atoms with van der Waals surface area (Å²) in [6.07, 6.45) is 1.52. The number of hydrogen-bond donors (Lipinski definition) is 2. The standard InChI is InChI=1S/C13H13BrN4O/c1-8-5-9(2)17-13(16-8)18-15-7-10-6-11(14)3-4-12(10)19/h3-7,19H,1-2H3,(H,16,17,18). The van der Waals surface area contributed by atoms with E-state index in [-0.39, 0.29) is 5.75 Å². The van der Waals surface area contributed by atoms with E-state index in [1.165, 1.54) is 6.21 Å². The summed E-state index contributed by atoms with van der Waals surface area (Å²) in [6.45, 7) is 3.79. The molecule has 0 atom stereocenters. The highest BCUT2D eigenvalue weighted by Crippen LogP contribution is 2.20. The molecule has 0 spiro atoms. The molecular formula is C13H13BrN4O. The molecule has 1 aromatic heterocycles. The molecule has 0 aliphatic carbocycles. The van der Waals surface area contributed by atoms with Gasteiger partial charge in [0.25, 0.3) is 0 Å². The first-order chi connectivity index (χ1) is 9.04. The number of benzene rings is 1. The predicted molar refractivity (Wildman–Crippen MR) is 78.5 cm³/mol. The minimum absolute atomic E-state index is 0.162. The van der Waals surface area contributed by atoms with Crippen molar-refractivity contribution in [2.45, 2.75) is 13.8 Å². The van der Waals surface area contributed by atoms with Crippen LogP contribution in [0.15, 0.2) is 33.8 Å². The number of halogens is 1. The maximum Gasteiger partial charge on any atom is 0.243 e. The average molecular weight is 321 g/mol. The van der Waals surface area contributed by atoms with Crippen molar-refractivity contribution < 1.29 is 5.11 Å². The number of phenolic OH excluding ortho intramolecular Hbond substituents is 1. The zero-order chi connectivity index (χ0) is 13.8. The Balaban J connectivity index is 2.13. The van der Waals surface area contributed by atoms with Gasteiger partial charge < -0.3 is 5.11 Å². The van der Waals surface area contributed by atoms with Crippen LogP contribution in [0.3, 0.4) is 0 Å². The second-order valence-corrected chi connectivity index (χ2v) is 4.96. The lowest BCUT2D eigenvalue weighted by atomic mass is 10.2. The number of anilines is 1. The number of rotatable bonds is 3. The molecule has 0 radical (unpaired) electrons. The van der Waals surface area contributed by atoms with E-state index in [4.69, 9.17) is 0 Å². The van der Waals surface area contributed by atoms with E-state index in [0.29, 0.717) is 11.5 Å². The van der Waals surface area contributed by atoms with Gasteiger partial charge in [0.1, 0.15) is 5.75 Å². The van der Waals surface area contributed by atoms with Crippen LogP contribution in [-0.2, 0) is 0 Å². The molecule has 0 bridgehead atoms. The topological polar surface area (TPSA) is 70.4 Å². The van der Waals surface area contributed by atoms with Gasteiger partial charge in [-0.15, -0.1) is 0 Å². The average Bonchev–Trinajstić information content (AvgIpc) is 2.32. The molecule has 0 saturated heterocycles. The molecule has 0 amide bonds. The predicted octanol–water partition coefficient (Wildman–Crippen LogP) is 3.01. The normalized spacial score (nSPS) is 10.9. The summed E-state index contributed by atoms with van der Waals surface area (Å²) in [7, 11) is 0. The lowest BCUT2D eigenvalue weighted by Crippen LogP contribution is -1.99. The zero-order valence-electron chi connectivity index (χ0n) is 10.6. The fourth-order valence-electron chi connectivity index (χ4n) is 1.56. The summed E-state index contributed by atoms with van der Waals surface area (Å²) in [5.74, 6) is 0.596. The van der Waals surface area contributed by atoms with Crippen LogP contribution in [0, 0.1) is 13.8 Å². The zero-order valence-corrected chi connectivity index (χ0v) is 12.1. The van der Waals surface area contributed by atoms with Gasteiger partial charge in [0.15, 0.2) is 0 Å². The third-order valence-corrected chi connectivity index (χ3v) is 2.83. The molecule has 1 aromatic carbocycles. The number of nitrogens with one attached hydrogen (secondary N) is 1. The number of phenols is 1. The highest BCUT2D eigenvalue weighted by molar-refractivity contribution is 9.10. The van der Waals surface area contributed by atoms with Crippen molar-refractivity contribution in [2.75, 3.05) is 5.43 Å². The van der Waals surface area contributed by atoms with Crippen molar-refractivity contribution >= 4 is 28.1 Å². The van der Waals surface area contributed by atoms with E-state index < -0.39 is 0 Å². The Morgan fingerprint density at radius 1 is 1.21 bits per heavy atom. The number of aromatic hydroxyl groups is 1. The quantitative estimate of drug-likeness (QED) is 0.673. The second kappa shape index (κ2) is 5.79. The van der Waals surface area contributed by atoms with Crippen LogP contribution in [0.2, 0.25) is 0 Å². The summed E-state index contributed by atoms with van der Waals surface area (Å²) in [5, 5.41) is 13.7. The maximum absolute atomic E-state index is 9.65. The molecule has 1 heterocycles. The molecule has 2 rings (SSSR count). The largest absolute Gasteiger partial charge is 0.507 e. The smallest absolute Gasteiger partial charge is 0.243 e. The van der Waals surface area contributed by atoms with E-state index in [1.807, 2.05) is 19.9 Å². The molecule has 19 heavy (non-hydrogen) atoms. The van der Waals surface area contributed by atoms with Crippen LogP contribution < -0.4 is 5.43 Å². The van der Waals surface area contributed by atoms with E-state index in [2.05, 4.69) is 36.4 Å². The number of nitrogens with zero attached hydrogens (tertiary/aromatic N) is 3. The van der Waals surface area contributed by atoms with Crippen molar-refractivity contribution in [2.24, 2.45) is 5.10 Å². The summed E-state index contributed by atoms with van der Waals surface area (Å²) in [5.41, 5.74) is 5.09. The molecule has 0 aliphatic rings. The molecule has 0 fully saturated rings. The van der Waals surface area contributed by atoms with E-state index in [1.54, 1.807) is 18.2 Å². The Morgan fingerprint density at radius 2 is 1.89 bits per heavy atom. The molecule has 5 nitrogen and oxygen atoms in total. The van der Waals surface area contributed by atoms with Crippen LogP contribution in [-0.4, -0.2) is 21.3 Å². The van der Waals surface area contributed by atoms with Crippen molar-refractivity contribution in [3.63, 3.8) is 0 Å². The van der Waals surface area contributed by atoms with Gasteiger partial charge in [0.05, 0.1) is 6.21 Å². The van der Waals surface area contributed by atoms with Crippen LogP contribution in [0.4, 0.5) is 5.95 Å². The fraction of sp³-hybridized carbons (Fsp3) is 0.154. The van der Waals surface area contributed by atoms with E-state index >= 15 is 0 Å². The van der Waals surface area contributed by atoms with Crippen LogP contribution >= 0.6 is 15.9 Å². The number of aromatic nitrogens is 2. The van der Waals surface area contributed by atoms with Crippen molar-refractivity contribution in [1.82, 2.24) is 9.97 Å². The molecule has 0 saturated carbocycles. The first-order valence-corrected chi connectivity index (χ1v) is 6.44. The first kappa shape index (κ1) is 13.5. The van der Waals surface area contributed by atoms with E-state index in [9.17, 15) is 5.11 Å². The van der Waals surface area contributed by atoms with Gasteiger partial charge in [-0.2, -0.15) is 5.10 Å². The molecule has 0 unspecified atom stereocenters. The Labute approximate surface area is 119 Å². The monoisotopic (exact) mass is 320 g/mol. The summed E-state index contributed by atoms with van der Waals surface area (Å²) in [4.78, 5) is 8.39. The van der Waals surface area contributed by atoms with Crippen molar-refractivity contribution in [3.8, 4) is 5.75 Å². The Morgan fingerprint density at radius 3 is 2.58 bits per heavy atom. The number of aryl methyl sites for hydroxylation is 2. The first-order valence-electron chi connectivity index (χ1n) is 5.64. The molecule has 6 heteroatoms. The van der Waals surface area contributed by atoms with Gasteiger partial charge in [-0.05, 0) is 38.1 Å².